The van der Waals surface area contributed by atoms with Crippen LogP contribution in [0.25, 0.3) is 0 Å². The molecule has 0 aliphatic rings. The Balaban J connectivity index is 2.06. The maximum absolute atomic E-state index is 14.0. The summed E-state index contributed by atoms with van der Waals surface area (Å²) in [4.78, 5) is 28.6. The molecule has 3 rings (SSSR count). The highest BCUT2D eigenvalue weighted by Gasteiger charge is 2.33. The van der Waals surface area contributed by atoms with E-state index in [2.05, 4.69) is 5.32 Å². The molecule has 0 spiro atoms. The number of amides is 2. The summed E-state index contributed by atoms with van der Waals surface area (Å²) < 4.78 is 29.1. The Morgan fingerprint density at radius 2 is 1.52 bits per heavy atom. The van der Waals surface area contributed by atoms with Crippen molar-refractivity contribution < 1.29 is 18.0 Å². The van der Waals surface area contributed by atoms with E-state index in [0.717, 1.165) is 15.4 Å². The first-order valence-corrected chi connectivity index (χ1v) is 15.1. The molecule has 3 aromatic carbocycles. The summed E-state index contributed by atoms with van der Waals surface area (Å²) in [7, 11) is -4.12. The van der Waals surface area contributed by atoms with E-state index in [4.69, 9.17) is 11.6 Å². The number of sulfonamides is 1. The average Bonchev–Trinajstić information content (AvgIpc) is 2.90. The molecular weight excluding hydrogens is 546 g/mol. The molecule has 0 bridgehead atoms. The summed E-state index contributed by atoms with van der Waals surface area (Å²) in [6, 6.07) is 18.1. The zero-order chi connectivity index (χ0) is 29.6. The number of rotatable bonds is 11. The molecule has 0 saturated carbocycles. The van der Waals surface area contributed by atoms with Gasteiger partial charge in [0.05, 0.1) is 10.6 Å². The van der Waals surface area contributed by atoms with Crippen molar-refractivity contribution in [3.63, 3.8) is 0 Å². The molecule has 1 atom stereocenters. The molecule has 1 N–H and O–H groups in total. The monoisotopic (exact) mass is 583 g/mol. The molecule has 0 saturated heterocycles. The minimum atomic E-state index is -4.12. The summed E-state index contributed by atoms with van der Waals surface area (Å²) in [5, 5.41) is 3.33. The van der Waals surface area contributed by atoms with Crippen molar-refractivity contribution in [3.8, 4) is 0 Å². The number of nitrogens with one attached hydrogen (secondary N) is 1. The van der Waals surface area contributed by atoms with E-state index in [0.29, 0.717) is 28.4 Å². The molecule has 2 amide bonds. The van der Waals surface area contributed by atoms with Crippen LogP contribution in [-0.4, -0.2) is 44.3 Å². The van der Waals surface area contributed by atoms with Crippen LogP contribution < -0.4 is 9.62 Å². The Labute approximate surface area is 243 Å². The predicted octanol–water partition coefficient (Wildman–Crippen LogP) is 5.65. The lowest BCUT2D eigenvalue weighted by molar-refractivity contribution is -0.139. The van der Waals surface area contributed by atoms with E-state index in [1.54, 1.807) is 49.4 Å². The normalized spacial score (nSPS) is 12.2. The van der Waals surface area contributed by atoms with Gasteiger partial charge >= 0.3 is 0 Å². The maximum atomic E-state index is 14.0. The van der Waals surface area contributed by atoms with Crippen molar-refractivity contribution in [2.45, 2.75) is 59.0 Å². The zero-order valence-electron chi connectivity index (χ0n) is 23.9. The second-order valence-electron chi connectivity index (χ2n) is 10.5. The highest BCUT2D eigenvalue weighted by Crippen LogP contribution is 2.29. The third-order valence-electron chi connectivity index (χ3n) is 6.66. The Morgan fingerprint density at radius 3 is 2.12 bits per heavy atom. The van der Waals surface area contributed by atoms with Crippen molar-refractivity contribution in [1.82, 2.24) is 10.2 Å². The highest BCUT2D eigenvalue weighted by atomic mass is 35.5. The largest absolute Gasteiger partial charge is 0.354 e. The number of anilines is 1. The number of aryl methyl sites for hydroxylation is 3. The number of nitrogens with zero attached hydrogens (tertiary/aromatic N) is 2. The molecule has 0 aliphatic carbocycles. The molecule has 0 aromatic heterocycles. The second-order valence-corrected chi connectivity index (χ2v) is 12.8. The van der Waals surface area contributed by atoms with E-state index in [9.17, 15) is 18.0 Å². The van der Waals surface area contributed by atoms with Gasteiger partial charge in [0.25, 0.3) is 10.0 Å². The number of hydrogen-bond acceptors (Lipinski definition) is 4. The van der Waals surface area contributed by atoms with Gasteiger partial charge < -0.3 is 10.2 Å². The van der Waals surface area contributed by atoms with Crippen LogP contribution in [0.5, 0.6) is 0 Å². The molecule has 40 heavy (non-hydrogen) atoms. The Hall–Kier alpha value is -3.36. The van der Waals surface area contributed by atoms with Crippen LogP contribution in [-0.2, 0) is 26.2 Å². The SMILES string of the molecule is Cc1ccc(S(=O)(=O)N(CC(=O)N(Cc2ccccc2Cl)[C@@H](C)C(=O)NCC(C)C)c2ccc(C)cc2C)cc1. The lowest BCUT2D eigenvalue weighted by atomic mass is 10.1. The molecule has 0 radical (unpaired) electrons. The van der Waals surface area contributed by atoms with E-state index in [-0.39, 0.29) is 23.3 Å². The zero-order valence-corrected chi connectivity index (χ0v) is 25.5. The molecular formula is C31H38ClN3O4S. The minimum absolute atomic E-state index is 0.0417. The maximum Gasteiger partial charge on any atom is 0.264 e. The van der Waals surface area contributed by atoms with Crippen LogP contribution in [0.1, 0.15) is 43.0 Å². The summed E-state index contributed by atoms with van der Waals surface area (Å²) in [6.07, 6.45) is 0. The summed E-state index contributed by atoms with van der Waals surface area (Å²) >= 11 is 6.42. The first kappa shape index (κ1) is 31.2. The van der Waals surface area contributed by atoms with Crippen molar-refractivity contribution in [2.24, 2.45) is 5.92 Å². The van der Waals surface area contributed by atoms with Gasteiger partial charge in [0.1, 0.15) is 12.6 Å². The van der Waals surface area contributed by atoms with Gasteiger partial charge in [-0.15, -0.1) is 0 Å². The van der Waals surface area contributed by atoms with E-state index in [1.807, 2.05) is 46.8 Å². The molecule has 0 aliphatic heterocycles. The fraction of sp³-hybridized carbons (Fsp3) is 0.355. The van der Waals surface area contributed by atoms with Crippen LogP contribution in [0.4, 0.5) is 5.69 Å². The lowest BCUT2D eigenvalue weighted by Gasteiger charge is -2.32. The summed E-state index contributed by atoms with van der Waals surface area (Å²) in [6.45, 7) is 11.2. The van der Waals surface area contributed by atoms with E-state index in [1.165, 1.54) is 17.0 Å². The third-order valence-corrected chi connectivity index (χ3v) is 8.80. The van der Waals surface area contributed by atoms with Gasteiger partial charge in [-0.2, -0.15) is 0 Å². The Kier molecular flexibility index (Phi) is 10.4. The van der Waals surface area contributed by atoms with Gasteiger partial charge in [0.15, 0.2) is 0 Å². The molecule has 0 fully saturated rings. The molecule has 7 nitrogen and oxygen atoms in total. The third kappa shape index (κ3) is 7.64. The van der Waals surface area contributed by atoms with Crippen molar-refractivity contribution in [3.05, 3.63) is 94.0 Å². The number of carbonyl (C=O) groups is 2. The lowest BCUT2D eigenvalue weighted by Crippen LogP contribution is -2.51. The first-order chi connectivity index (χ1) is 18.8. The predicted molar refractivity (Wildman–Crippen MR) is 161 cm³/mol. The fourth-order valence-electron chi connectivity index (χ4n) is 4.28. The standard InChI is InChI=1S/C31H38ClN3O4S/c1-21(2)18-33-31(37)25(6)34(19-26-9-7-8-10-28(26)32)30(36)20-35(29-16-13-23(4)17-24(29)5)40(38,39)27-14-11-22(3)12-15-27/h7-17,21,25H,18-20H2,1-6H3,(H,33,37)/t25-/m0/s1. The molecule has 3 aromatic rings. The molecule has 214 valence electrons. The first-order valence-electron chi connectivity index (χ1n) is 13.3. The van der Waals surface area contributed by atoms with Crippen LogP contribution in [0, 0.1) is 26.7 Å². The average molecular weight is 584 g/mol. The van der Waals surface area contributed by atoms with Gasteiger partial charge in [-0.3, -0.25) is 13.9 Å². The minimum Gasteiger partial charge on any atom is -0.354 e. The second kappa shape index (κ2) is 13.3. The quantitative estimate of drug-likeness (QED) is 0.316. The van der Waals surface area contributed by atoms with Crippen molar-refractivity contribution in [2.75, 3.05) is 17.4 Å². The van der Waals surface area contributed by atoms with Gasteiger partial charge in [-0.1, -0.05) is 79.0 Å². The van der Waals surface area contributed by atoms with Crippen LogP contribution in [0.3, 0.4) is 0 Å². The summed E-state index contributed by atoms with van der Waals surface area (Å²) in [5.41, 5.74) is 3.65. The fourth-order valence-corrected chi connectivity index (χ4v) is 5.96. The Morgan fingerprint density at radius 1 is 0.900 bits per heavy atom. The highest BCUT2D eigenvalue weighted by molar-refractivity contribution is 7.92. The smallest absolute Gasteiger partial charge is 0.264 e. The van der Waals surface area contributed by atoms with Gasteiger partial charge in [-0.05, 0) is 69.0 Å². The van der Waals surface area contributed by atoms with Crippen LogP contribution in [0.2, 0.25) is 5.02 Å². The molecule has 0 unspecified atom stereocenters. The van der Waals surface area contributed by atoms with Gasteiger partial charge in [0.2, 0.25) is 11.8 Å². The van der Waals surface area contributed by atoms with Gasteiger partial charge in [-0.25, -0.2) is 8.42 Å². The number of carbonyl (C=O) groups excluding carboxylic acids is 2. The molecule has 0 heterocycles. The number of benzene rings is 3. The van der Waals surface area contributed by atoms with Crippen molar-refractivity contribution >= 4 is 39.1 Å². The Bertz CT molecular complexity index is 1460. The topological polar surface area (TPSA) is 86.8 Å². The van der Waals surface area contributed by atoms with Crippen molar-refractivity contribution in [1.29, 1.82) is 0 Å². The van der Waals surface area contributed by atoms with Crippen LogP contribution in [0.15, 0.2) is 71.6 Å². The van der Waals surface area contributed by atoms with E-state index >= 15 is 0 Å². The van der Waals surface area contributed by atoms with Gasteiger partial charge in [0, 0.05) is 18.1 Å². The number of hydrogen-bond donors (Lipinski definition) is 1. The van der Waals surface area contributed by atoms with Crippen LogP contribution >= 0.6 is 11.6 Å². The number of halogens is 1. The molecule has 9 heteroatoms. The van der Waals surface area contributed by atoms with E-state index < -0.39 is 28.5 Å². The summed E-state index contributed by atoms with van der Waals surface area (Å²) in [5.74, 6) is -0.625.